The molecule has 3 aromatic heterocycles. The molecule has 0 bridgehead atoms. The Morgan fingerprint density at radius 2 is 1.49 bits per heavy atom. The Kier molecular flexibility index (Phi) is 7.14. The second-order valence-corrected chi connectivity index (χ2v) is 9.26. The standard InChI is InChI=1S/C30H32N6O/c1-22-17-31-27(23(2)28(22)37-4)21-35-16-15-26-18-32-30(33-29(26)35)34(3)36(19-24-11-7-5-8-12-24)20-25-13-9-6-10-14-25/h5-18H,19-21H2,1-4H3. The summed E-state index contributed by atoms with van der Waals surface area (Å²) < 4.78 is 7.73. The molecule has 0 spiro atoms. The van der Waals surface area contributed by atoms with Crippen LogP contribution in [0.4, 0.5) is 5.95 Å². The zero-order valence-electron chi connectivity index (χ0n) is 21.8. The van der Waals surface area contributed by atoms with Gasteiger partial charge < -0.3 is 9.30 Å². The van der Waals surface area contributed by atoms with Crippen molar-refractivity contribution in [3.8, 4) is 5.75 Å². The van der Waals surface area contributed by atoms with Crippen LogP contribution >= 0.6 is 0 Å². The number of anilines is 1. The Morgan fingerprint density at radius 1 is 0.838 bits per heavy atom. The van der Waals surface area contributed by atoms with Gasteiger partial charge in [0.15, 0.2) is 0 Å². The van der Waals surface area contributed by atoms with Crippen LogP contribution in [0.25, 0.3) is 11.0 Å². The first-order valence-corrected chi connectivity index (χ1v) is 12.4. The van der Waals surface area contributed by atoms with Gasteiger partial charge in [-0.25, -0.2) is 9.99 Å². The van der Waals surface area contributed by atoms with E-state index in [1.807, 2.05) is 50.8 Å². The van der Waals surface area contributed by atoms with Gasteiger partial charge in [0.2, 0.25) is 5.95 Å². The number of pyridine rings is 1. The molecule has 37 heavy (non-hydrogen) atoms. The number of ether oxygens (including phenoxy) is 1. The molecule has 188 valence electrons. The summed E-state index contributed by atoms with van der Waals surface area (Å²) >= 11 is 0. The first-order chi connectivity index (χ1) is 18.0. The minimum atomic E-state index is 0.601. The van der Waals surface area contributed by atoms with Crippen LogP contribution in [0.3, 0.4) is 0 Å². The lowest BCUT2D eigenvalue weighted by atomic mass is 10.1. The van der Waals surface area contributed by atoms with Gasteiger partial charge in [0.05, 0.1) is 19.3 Å². The smallest absolute Gasteiger partial charge is 0.241 e. The molecule has 7 nitrogen and oxygen atoms in total. The number of hydrogen-bond donors (Lipinski definition) is 0. The van der Waals surface area contributed by atoms with Gasteiger partial charge in [-0.1, -0.05) is 60.7 Å². The van der Waals surface area contributed by atoms with Gasteiger partial charge in [-0.3, -0.25) is 9.99 Å². The van der Waals surface area contributed by atoms with Crippen LogP contribution in [0.2, 0.25) is 0 Å². The van der Waals surface area contributed by atoms with E-state index in [0.717, 1.165) is 46.7 Å². The third-order valence-corrected chi connectivity index (χ3v) is 6.69. The largest absolute Gasteiger partial charge is 0.496 e. The molecule has 0 unspecified atom stereocenters. The average Bonchev–Trinajstić information content (AvgIpc) is 3.33. The van der Waals surface area contributed by atoms with Gasteiger partial charge in [-0.05, 0) is 31.0 Å². The normalized spacial score (nSPS) is 11.3. The Morgan fingerprint density at radius 3 is 2.11 bits per heavy atom. The maximum atomic E-state index is 5.61. The maximum Gasteiger partial charge on any atom is 0.241 e. The van der Waals surface area contributed by atoms with Crippen molar-refractivity contribution in [1.82, 2.24) is 24.5 Å². The molecule has 5 rings (SSSR count). The van der Waals surface area contributed by atoms with Crippen molar-refractivity contribution in [2.45, 2.75) is 33.5 Å². The number of hydrogen-bond acceptors (Lipinski definition) is 6. The van der Waals surface area contributed by atoms with Crippen LogP contribution in [0.15, 0.2) is 85.3 Å². The third kappa shape index (κ3) is 5.32. The van der Waals surface area contributed by atoms with E-state index in [1.165, 1.54) is 11.1 Å². The number of fused-ring (bicyclic) bond motifs is 1. The first kappa shape index (κ1) is 24.5. The number of aromatic nitrogens is 4. The van der Waals surface area contributed by atoms with E-state index in [9.17, 15) is 0 Å². The molecule has 0 saturated carbocycles. The van der Waals surface area contributed by atoms with Crippen LogP contribution in [-0.4, -0.2) is 38.7 Å². The molecule has 0 radical (unpaired) electrons. The van der Waals surface area contributed by atoms with E-state index in [0.29, 0.717) is 12.5 Å². The van der Waals surface area contributed by atoms with Crippen LogP contribution in [0.1, 0.15) is 27.9 Å². The number of hydrazine groups is 1. The lowest BCUT2D eigenvalue weighted by Crippen LogP contribution is -2.40. The Bertz CT molecular complexity index is 1440. The highest BCUT2D eigenvalue weighted by atomic mass is 16.5. The van der Waals surface area contributed by atoms with Gasteiger partial charge in [0, 0.05) is 55.2 Å². The minimum absolute atomic E-state index is 0.601. The highest BCUT2D eigenvalue weighted by molar-refractivity contribution is 5.76. The van der Waals surface area contributed by atoms with Crippen molar-refractivity contribution >= 4 is 17.0 Å². The van der Waals surface area contributed by atoms with E-state index in [4.69, 9.17) is 14.7 Å². The van der Waals surface area contributed by atoms with Gasteiger partial charge in [-0.15, -0.1) is 0 Å². The summed E-state index contributed by atoms with van der Waals surface area (Å²) in [7, 11) is 3.73. The van der Waals surface area contributed by atoms with Gasteiger partial charge >= 0.3 is 0 Å². The zero-order valence-corrected chi connectivity index (χ0v) is 21.8. The molecule has 2 aromatic carbocycles. The van der Waals surface area contributed by atoms with E-state index in [2.05, 4.69) is 75.0 Å². The predicted molar refractivity (Wildman–Crippen MR) is 147 cm³/mol. The van der Waals surface area contributed by atoms with E-state index < -0.39 is 0 Å². The third-order valence-electron chi connectivity index (χ3n) is 6.69. The Hall–Kier alpha value is -4.23. The molecule has 0 aliphatic heterocycles. The number of nitrogens with zero attached hydrogens (tertiary/aromatic N) is 6. The topological polar surface area (TPSA) is 59.3 Å². The zero-order chi connectivity index (χ0) is 25.8. The lowest BCUT2D eigenvalue weighted by molar-refractivity contribution is 0.242. The molecule has 0 amide bonds. The Balaban J connectivity index is 1.46. The summed E-state index contributed by atoms with van der Waals surface area (Å²) in [5.74, 6) is 1.53. The summed E-state index contributed by atoms with van der Waals surface area (Å²) in [6.07, 6.45) is 5.80. The summed E-state index contributed by atoms with van der Waals surface area (Å²) in [5.41, 5.74) is 6.37. The SMILES string of the molecule is COc1c(C)cnc(Cn2ccc3cnc(N(C)N(Cc4ccccc4)Cc4ccccc4)nc32)c1C. The molecule has 0 N–H and O–H groups in total. The van der Waals surface area contributed by atoms with E-state index in [1.54, 1.807) is 7.11 Å². The quantitative estimate of drug-likeness (QED) is 0.251. The van der Waals surface area contributed by atoms with Crippen LogP contribution in [-0.2, 0) is 19.6 Å². The number of methoxy groups -OCH3 is 1. The van der Waals surface area contributed by atoms with Crippen molar-refractivity contribution in [3.05, 3.63) is 113 Å². The summed E-state index contributed by atoms with van der Waals surface area (Å²) in [6.45, 7) is 6.14. The fraction of sp³-hybridized carbons (Fsp3) is 0.233. The van der Waals surface area contributed by atoms with Crippen LogP contribution in [0, 0.1) is 13.8 Å². The summed E-state index contributed by atoms with van der Waals surface area (Å²) in [4.78, 5) is 14.4. The van der Waals surface area contributed by atoms with Crippen LogP contribution in [0.5, 0.6) is 5.75 Å². The predicted octanol–water partition coefficient (Wildman–Crippen LogP) is 5.55. The van der Waals surface area contributed by atoms with Crippen LogP contribution < -0.4 is 9.75 Å². The van der Waals surface area contributed by atoms with Crippen molar-refractivity contribution in [3.63, 3.8) is 0 Å². The lowest BCUT2D eigenvalue weighted by Gasteiger charge is -2.32. The molecule has 0 saturated heterocycles. The van der Waals surface area contributed by atoms with Crippen molar-refractivity contribution in [2.75, 3.05) is 19.2 Å². The monoisotopic (exact) mass is 492 g/mol. The van der Waals surface area contributed by atoms with Gasteiger partial charge in [0.1, 0.15) is 11.4 Å². The van der Waals surface area contributed by atoms with Crippen molar-refractivity contribution in [1.29, 1.82) is 0 Å². The molecule has 5 aromatic rings. The number of benzene rings is 2. The molecule has 7 heteroatoms. The number of rotatable bonds is 9. The first-order valence-electron chi connectivity index (χ1n) is 12.4. The van der Waals surface area contributed by atoms with E-state index in [-0.39, 0.29) is 0 Å². The molecule has 0 atom stereocenters. The highest BCUT2D eigenvalue weighted by Crippen LogP contribution is 2.26. The fourth-order valence-electron chi connectivity index (χ4n) is 4.62. The van der Waals surface area contributed by atoms with E-state index >= 15 is 0 Å². The molecular weight excluding hydrogens is 460 g/mol. The fourth-order valence-corrected chi connectivity index (χ4v) is 4.62. The molecule has 0 fully saturated rings. The number of aryl methyl sites for hydroxylation is 1. The van der Waals surface area contributed by atoms with Gasteiger partial charge in [-0.2, -0.15) is 4.98 Å². The molecule has 0 aliphatic carbocycles. The van der Waals surface area contributed by atoms with Gasteiger partial charge in [0.25, 0.3) is 0 Å². The molecular formula is C30H32N6O. The van der Waals surface area contributed by atoms with Crippen molar-refractivity contribution < 1.29 is 4.74 Å². The molecule has 3 heterocycles. The molecule has 0 aliphatic rings. The summed E-state index contributed by atoms with van der Waals surface area (Å²) in [6, 6.07) is 23.0. The minimum Gasteiger partial charge on any atom is -0.496 e. The Labute approximate surface area is 218 Å². The summed E-state index contributed by atoms with van der Waals surface area (Å²) in [5, 5.41) is 5.30. The highest BCUT2D eigenvalue weighted by Gasteiger charge is 2.18. The second kappa shape index (κ2) is 10.8. The van der Waals surface area contributed by atoms with Crippen molar-refractivity contribution in [2.24, 2.45) is 0 Å². The maximum absolute atomic E-state index is 5.61. The average molecular weight is 493 g/mol. The second-order valence-electron chi connectivity index (χ2n) is 9.26.